The fourth-order valence-electron chi connectivity index (χ4n) is 1.68. The molecule has 0 spiro atoms. The maximum Gasteiger partial charge on any atom is 0.257 e. The zero-order valence-corrected chi connectivity index (χ0v) is 12.8. The van der Waals surface area contributed by atoms with Gasteiger partial charge in [0.1, 0.15) is 5.75 Å². The van der Waals surface area contributed by atoms with Gasteiger partial charge < -0.3 is 10.1 Å². The predicted octanol–water partition coefficient (Wildman–Crippen LogP) is 3.48. The molecule has 0 bridgehead atoms. The fourth-order valence-corrected chi connectivity index (χ4v) is 2.01. The number of ether oxygens (including phenoxy) is 1. The van der Waals surface area contributed by atoms with E-state index in [4.69, 9.17) is 28.6 Å². The van der Waals surface area contributed by atoms with Crippen LogP contribution in [0, 0.1) is 0 Å². The molecule has 2 rings (SSSR count). The molecule has 0 fully saturated rings. The third-order valence-corrected chi connectivity index (χ3v) is 3.14. The summed E-state index contributed by atoms with van der Waals surface area (Å²) in [6, 6.07) is 13.8. The van der Waals surface area contributed by atoms with Crippen LogP contribution in [0.15, 0.2) is 48.5 Å². The van der Waals surface area contributed by atoms with E-state index in [9.17, 15) is 4.79 Å². The van der Waals surface area contributed by atoms with Crippen LogP contribution in [0.4, 0.5) is 5.69 Å². The lowest BCUT2D eigenvalue weighted by molar-refractivity contribution is 0.0977. The van der Waals surface area contributed by atoms with Gasteiger partial charge in [0.15, 0.2) is 5.11 Å². The van der Waals surface area contributed by atoms with Gasteiger partial charge in [0, 0.05) is 10.6 Å². The van der Waals surface area contributed by atoms with Gasteiger partial charge in [-0.1, -0.05) is 23.7 Å². The van der Waals surface area contributed by atoms with Gasteiger partial charge in [-0.2, -0.15) is 0 Å². The first kappa shape index (κ1) is 15.3. The predicted molar refractivity (Wildman–Crippen MR) is 88.1 cm³/mol. The van der Waals surface area contributed by atoms with E-state index >= 15 is 0 Å². The van der Waals surface area contributed by atoms with Gasteiger partial charge in [0.05, 0.1) is 12.8 Å². The zero-order valence-electron chi connectivity index (χ0n) is 11.2. The van der Waals surface area contributed by atoms with Crippen molar-refractivity contribution in [3.05, 3.63) is 59.1 Å². The largest absolute Gasteiger partial charge is 0.495 e. The number of methoxy groups -OCH3 is 1. The Hall–Kier alpha value is -2.11. The Morgan fingerprint density at radius 2 is 1.81 bits per heavy atom. The number of carbonyl (C=O) groups is 1. The molecule has 108 valence electrons. The van der Waals surface area contributed by atoms with Gasteiger partial charge in [-0.05, 0) is 48.6 Å². The Morgan fingerprint density at radius 3 is 2.48 bits per heavy atom. The number of carbonyl (C=O) groups excluding carboxylic acids is 1. The van der Waals surface area contributed by atoms with Crippen molar-refractivity contribution in [2.75, 3.05) is 12.4 Å². The smallest absolute Gasteiger partial charge is 0.257 e. The average molecular weight is 321 g/mol. The van der Waals surface area contributed by atoms with E-state index < -0.39 is 0 Å². The van der Waals surface area contributed by atoms with Gasteiger partial charge >= 0.3 is 0 Å². The molecule has 0 aliphatic carbocycles. The summed E-state index contributed by atoms with van der Waals surface area (Å²) < 4.78 is 5.20. The van der Waals surface area contributed by atoms with E-state index in [-0.39, 0.29) is 11.0 Å². The highest BCUT2D eigenvalue weighted by molar-refractivity contribution is 7.80. The summed E-state index contributed by atoms with van der Waals surface area (Å²) in [5.41, 5.74) is 1.16. The number of rotatable bonds is 3. The van der Waals surface area contributed by atoms with Crippen LogP contribution in [0.5, 0.6) is 5.75 Å². The summed E-state index contributed by atoms with van der Waals surface area (Å²) in [4.78, 5) is 12.0. The molecule has 0 saturated heterocycles. The lowest BCUT2D eigenvalue weighted by atomic mass is 10.2. The third-order valence-electron chi connectivity index (χ3n) is 2.69. The molecular formula is C15H13ClN2O2S. The number of benzene rings is 2. The van der Waals surface area contributed by atoms with E-state index in [0.29, 0.717) is 22.0 Å². The van der Waals surface area contributed by atoms with Crippen molar-refractivity contribution in [1.29, 1.82) is 0 Å². The Bertz CT molecular complexity index is 659. The molecule has 0 atom stereocenters. The van der Waals surface area contributed by atoms with Crippen LogP contribution in [-0.4, -0.2) is 18.1 Å². The lowest BCUT2D eigenvalue weighted by Gasteiger charge is -2.12. The van der Waals surface area contributed by atoms with Gasteiger partial charge in [-0.3, -0.25) is 10.1 Å². The standard InChI is InChI=1S/C15H13ClN2O2S/c1-20-13-5-3-2-4-12(13)17-15(21)18-14(19)10-6-8-11(16)9-7-10/h2-9H,1H3,(H2,17,18,19,21). The number of amides is 1. The monoisotopic (exact) mass is 320 g/mol. The minimum absolute atomic E-state index is 0.194. The van der Waals surface area contributed by atoms with E-state index in [1.165, 1.54) is 0 Å². The normalized spacial score (nSPS) is 9.81. The quantitative estimate of drug-likeness (QED) is 0.850. The molecule has 4 nitrogen and oxygen atoms in total. The highest BCUT2D eigenvalue weighted by Gasteiger charge is 2.09. The second kappa shape index (κ2) is 7.06. The maximum atomic E-state index is 12.0. The fraction of sp³-hybridized carbons (Fsp3) is 0.0667. The topological polar surface area (TPSA) is 50.4 Å². The number of hydrogen-bond acceptors (Lipinski definition) is 3. The Morgan fingerprint density at radius 1 is 1.14 bits per heavy atom. The van der Waals surface area contributed by atoms with Gasteiger partial charge in [0.25, 0.3) is 5.91 Å². The van der Waals surface area contributed by atoms with Crippen LogP contribution in [0.25, 0.3) is 0 Å². The van der Waals surface area contributed by atoms with E-state index in [1.807, 2.05) is 12.1 Å². The molecule has 1 amide bonds. The van der Waals surface area contributed by atoms with Crippen molar-refractivity contribution in [1.82, 2.24) is 5.32 Å². The van der Waals surface area contributed by atoms with Gasteiger partial charge in [-0.25, -0.2) is 0 Å². The highest BCUT2D eigenvalue weighted by atomic mass is 35.5. The molecular weight excluding hydrogens is 308 g/mol. The van der Waals surface area contributed by atoms with E-state index in [1.54, 1.807) is 43.5 Å². The summed E-state index contributed by atoms with van der Waals surface area (Å²) >= 11 is 10.9. The Kier molecular flexibility index (Phi) is 5.14. The van der Waals surface area contributed by atoms with Crippen molar-refractivity contribution < 1.29 is 9.53 Å². The van der Waals surface area contributed by atoms with Crippen molar-refractivity contribution >= 4 is 40.5 Å². The summed E-state index contributed by atoms with van der Waals surface area (Å²) in [5, 5.41) is 6.28. The second-order valence-electron chi connectivity index (χ2n) is 4.12. The van der Waals surface area contributed by atoms with Crippen LogP contribution in [0.2, 0.25) is 5.02 Å². The number of nitrogens with one attached hydrogen (secondary N) is 2. The van der Waals surface area contributed by atoms with Crippen LogP contribution >= 0.6 is 23.8 Å². The van der Waals surface area contributed by atoms with Crippen LogP contribution in [-0.2, 0) is 0 Å². The third kappa shape index (κ3) is 4.18. The van der Waals surface area contributed by atoms with Crippen molar-refractivity contribution in [3.63, 3.8) is 0 Å². The molecule has 0 heterocycles. The summed E-state index contributed by atoms with van der Waals surface area (Å²) in [5.74, 6) is 0.333. The molecule has 0 radical (unpaired) electrons. The number of halogens is 1. The Balaban J connectivity index is 2.01. The van der Waals surface area contributed by atoms with Crippen LogP contribution in [0.3, 0.4) is 0 Å². The molecule has 6 heteroatoms. The summed E-state index contributed by atoms with van der Waals surface area (Å²) in [7, 11) is 1.57. The van der Waals surface area contributed by atoms with Crippen LogP contribution in [0.1, 0.15) is 10.4 Å². The van der Waals surface area contributed by atoms with E-state index in [0.717, 1.165) is 0 Å². The molecule has 0 unspecified atom stereocenters. The maximum absolute atomic E-state index is 12.0. The molecule has 0 saturated carbocycles. The number of para-hydroxylation sites is 2. The molecule has 2 aromatic carbocycles. The SMILES string of the molecule is COc1ccccc1NC(=S)NC(=O)c1ccc(Cl)cc1. The highest BCUT2D eigenvalue weighted by Crippen LogP contribution is 2.22. The number of anilines is 1. The number of hydrogen-bond donors (Lipinski definition) is 2. The molecule has 0 aliphatic rings. The zero-order chi connectivity index (χ0) is 15.2. The average Bonchev–Trinajstić information content (AvgIpc) is 2.48. The molecule has 2 N–H and O–H groups in total. The van der Waals surface area contributed by atoms with E-state index in [2.05, 4.69) is 10.6 Å². The van der Waals surface area contributed by atoms with Gasteiger partial charge in [-0.15, -0.1) is 0 Å². The first-order chi connectivity index (χ1) is 10.1. The summed E-state index contributed by atoms with van der Waals surface area (Å²) in [6.07, 6.45) is 0. The molecule has 21 heavy (non-hydrogen) atoms. The summed E-state index contributed by atoms with van der Waals surface area (Å²) in [6.45, 7) is 0. The van der Waals surface area contributed by atoms with Gasteiger partial charge in [0.2, 0.25) is 0 Å². The molecule has 0 aliphatic heterocycles. The van der Waals surface area contributed by atoms with Crippen LogP contribution < -0.4 is 15.4 Å². The lowest BCUT2D eigenvalue weighted by Crippen LogP contribution is -2.34. The minimum Gasteiger partial charge on any atom is -0.495 e. The molecule has 0 aromatic heterocycles. The first-order valence-electron chi connectivity index (χ1n) is 6.11. The molecule has 2 aromatic rings. The van der Waals surface area contributed by atoms with Crippen molar-refractivity contribution in [2.24, 2.45) is 0 Å². The Labute approximate surface area is 133 Å². The van der Waals surface area contributed by atoms with Crippen molar-refractivity contribution in [3.8, 4) is 5.75 Å². The minimum atomic E-state index is -0.306. The first-order valence-corrected chi connectivity index (χ1v) is 6.89. The second-order valence-corrected chi connectivity index (χ2v) is 4.96. The van der Waals surface area contributed by atoms with Crippen molar-refractivity contribution in [2.45, 2.75) is 0 Å². The number of thiocarbonyl (C=S) groups is 1.